The van der Waals surface area contributed by atoms with Crippen molar-refractivity contribution in [1.29, 1.82) is 0 Å². The van der Waals surface area contributed by atoms with Gasteiger partial charge in [0.25, 0.3) is 0 Å². The molecule has 0 bridgehead atoms. The lowest BCUT2D eigenvalue weighted by Crippen LogP contribution is -2.10. The van der Waals surface area contributed by atoms with Gasteiger partial charge in [-0.3, -0.25) is 5.10 Å². The smallest absolute Gasteiger partial charge is 0.196 e. The van der Waals surface area contributed by atoms with Gasteiger partial charge in [-0.2, -0.15) is 10.3 Å². The minimum absolute atomic E-state index is 0.0913. The second-order valence-corrected chi connectivity index (χ2v) is 4.03. The van der Waals surface area contributed by atoms with Crippen molar-refractivity contribution >= 4 is 22.3 Å². The van der Waals surface area contributed by atoms with Crippen molar-refractivity contribution in [2.24, 2.45) is 0 Å². The maximum atomic E-state index is 5.98. The highest BCUT2D eigenvalue weighted by Gasteiger charge is 2.12. The van der Waals surface area contributed by atoms with Crippen molar-refractivity contribution in [3.63, 3.8) is 0 Å². The van der Waals surface area contributed by atoms with Crippen molar-refractivity contribution in [2.45, 2.75) is 13.0 Å². The summed E-state index contributed by atoms with van der Waals surface area (Å²) in [7, 11) is 0. The summed E-state index contributed by atoms with van der Waals surface area (Å²) in [4.78, 5) is 0. The van der Waals surface area contributed by atoms with Gasteiger partial charge < -0.3 is 11.1 Å². The van der Waals surface area contributed by atoms with Gasteiger partial charge in [0.2, 0.25) is 0 Å². The number of aromatic amines is 2. The third kappa shape index (κ3) is 1.73. The van der Waals surface area contributed by atoms with Crippen LogP contribution in [-0.4, -0.2) is 30.8 Å². The molecule has 1 unspecified atom stereocenters. The summed E-state index contributed by atoms with van der Waals surface area (Å²) in [6, 6.07) is 3.68. The number of rotatable bonds is 3. The van der Waals surface area contributed by atoms with Crippen LogP contribution in [0.5, 0.6) is 0 Å². The molecule has 2 heterocycles. The lowest BCUT2D eigenvalue weighted by molar-refractivity contribution is 0.794. The summed E-state index contributed by atoms with van der Waals surface area (Å²) < 4.78 is 0. The molecule has 0 fully saturated rings. The quantitative estimate of drug-likeness (QED) is 0.506. The van der Waals surface area contributed by atoms with Crippen molar-refractivity contribution < 1.29 is 0 Å². The van der Waals surface area contributed by atoms with Crippen LogP contribution < -0.4 is 11.1 Å². The summed E-state index contributed by atoms with van der Waals surface area (Å²) in [5, 5.41) is 24.9. The Labute approximate surface area is 102 Å². The van der Waals surface area contributed by atoms with Crippen LogP contribution in [0.2, 0.25) is 0 Å². The number of nitrogens with zero attached hydrogens (tertiary/aromatic N) is 4. The monoisotopic (exact) mass is 244 g/mol. The number of nitrogen functional groups attached to an aromatic ring is 1. The van der Waals surface area contributed by atoms with Crippen molar-refractivity contribution in [2.75, 3.05) is 11.1 Å². The summed E-state index contributed by atoms with van der Waals surface area (Å²) in [5.41, 5.74) is 8.36. The number of nitrogens with one attached hydrogen (secondary N) is 3. The van der Waals surface area contributed by atoms with E-state index in [1.807, 2.05) is 19.1 Å². The van der Waals surface area contributed by atoms with Crippen LogP contribution in [0.1, 0.15) is 18.8 Å². The van der Waals surface area contributed by atoms with Gasteiger partial charge in [0.15, 0.2) is 5.82 Å². The fourth-order valence-electron chi connectivity index (χ4n) is 1.78. The maximum Gasteiger partial charge on any atom is 0.196 e. The van der Waals surface area contributed by atoms with Gasteiger partial charge >= 0.3 is 0 Å². The zero-order valence-electron chi connectivity index (χ0n) is 9.68. The van der Waals surface area contributed by atoms with E-state index in [0.29, 0.717) is 11.5 Å². The van der Waals surface area contributed by atoms with E-state index >= 15 is 0 Å². The molecular weight excluding hydrogens is 232 g/mol. The van der Waals surface area contributed by atoms with Gasteiger partial charge in [-0.1, -0.05) is 5.21 Å². The Bertz CT molecular complexity index is 656. The molecule has 3 rings (SSSR count). The predicted molar refractivity (Wildman–Crippen MR) is 66.7 cm³/mol. The lowest BCUT2D eigenvalue weighted by atomic mass is 10.2. The molecule has 18 heavy (non-hydrogen) atoms. The van der Waals surface area contributed by atoms with Crippen LogP contribution in [0.25, 0.3) is 10.9 Å². The second-order valence-electron chi connectivity index (χ2n) is 4.03. The lowest BCUT2D eigenvalue weighted by Gasteiger charge is -2.13. The van der Waals surface area contributed by atoms with Crippen LogP contribution in [-0.2, 0) is 0 Å². The average Bonchev–Trinajstić information content (AvgIpc) is 2.98. The predicted octanol–water partition coefficient (Wildman–Crippen LogP) is 0.831. The average molecular weight is 244 g/mol. The first-order valence-corrected chi connectivity index (χ1v) is 5.46. The Kier molecular flexibility index (Phi) is 2.33. The van der Waals surface area contributed by atoms with E-state index in [-0.39, 0.29) is 6.04 Å². The minimum Gasteiger partial charge on any atom is -0.397 e. The van der Waals surface area contributed by atoms with E-state index < -0.39 is 0 Å². The van der Waals surface area contributed by atoms with Gasteiger partial charge in [-0.15, -0.1) is 10.2 Å². The first kappa shape index (κ1) is 10.5. The molecule has 0 aliphatic heterocycles. The topological polar surface area (TPSA) is 121 Å². The highest BCUT2D eigenvalue weighted by Crippen LogP contribution is 2.27. The highest BCUT2D eigenvalue weighted by molar-refractivity contribution is 5.88. The molecule has 8 nitrogen and oxygen atoms in total. The SMILES string of the molecule is CC(Nc1cc2[nH]ncc2cc1N)c1nn[nH]n1. The summed E-state index contributed by atoms with van der Waals surface area (Å²) in [6.45, 7) is 1.93. The normalized spacial score (nSPS) is 12.7. The largest absolute Gasteiger partial charge is 0.397 e. The first-order valence-electron chi connectivity index (χ1n) is 5.46. The molecule has 1 atom stereocenters. The number of benzene rings is 1. The molecular formula is C10H12N8. The number of fused-ring (bicyclic) bond motifs is 1. The Morgan fingerprint density at radius 1 is 1.39 bits per heavy atom. The van der Waals surface area contributed by atoms with Gasteiger partial charge in [0, 0.05) is 5.39 Å². The number of hydrogen-bond acceptors (Lipinski definition) is 6. The third-order valence-electron chi connectivity index (χ3n) is 2.73. The molecule has 0 spiro atoms. The molecule has 0 radical (unpaired) electrons. The first-order chi connectivity index (χ1) is 8.74. The zero-order chi connectivity index (χ0) is 12.5. The summed E-state index contributed by atoms with van der Waals surface area (Å²) in [5.74, 6) is 0.583. The van der Waals surface area contributed by atoms with E-state index in [0.717, 1.165) is 16.6 Å². The standard InChI is InChI=1S/C10H12N8/c1-5(10-15-17-18-16-10)13-9-3-8-6(2-7(9)11)4-12-14-8/h2-5,13H,11H2,1H3,(H,12,14)(H,15,16,17,18). The highest BCUT2D eigenvalue weighted by atomic mass is 15.5. The van der Waals surface area contributed by atoms with Crippen LogP contribution in [0, 0.1) is 0 Å². The summed E-state index contributed by atoms with van der Waals surface area (Å²) >= 11 is 0. The minimum atomic E-state index is -0.0913. The molecule has 0 aliphatic carbocycles. The molecule has 5 N–H and O–H groups in total. The second kappa shape index (κ2) is 3.99. The Morgan fingerprint density at radius 3 is 3.06 bits per heavy atom. The Balaban J connectivity index is 1.92. The maximum absolute atomic E-state index is 5.98. The number of hydrogen-bond donors (Lipinski definition) is 4. The molecule has 92 valence electrons. The van der Waals surface area contributed by atoms with Crippen molar-refractivity contribution in [3.8, 4) is 0 Å². The van der Waals surface area contributed by atoms with Gasteiger partial charge in [-0.05, 0) is 19.1 Å². The van der Waals surface area contributed by atoms with Gasteiger partial charge in [-0.25, -0.2) is 0 Å². The molecule has 0 amide bonds. The summed E-state index contributed by atoms with van der Waals surface area (Å²) in [6.07, 6.45) is 1.73. The molecule has 0 saturated heterocycles. The molecule has 0 aliphatic rings. The van der Waals surface area contributed by atoms with Crippen LogP contribution in [0.3, 0.4) is 0 Å². The fraction of sp³-hybridized carbons (Fsp3) is 0.200. The van der Waals surface area contributed by atoms with Gasteiger partial charge in [0.05, 0.1) is 29.1 Å². The van der Waals surface area contributed by atoms with E-state index in [1.54, 1.807) is 6.20 Å². The molecule has 3 aromatic rings. The number of anilines is 2. The molecule has 0 saturated carbocycles. The molecule has 8 heteroatoms. The number of aromatic nitrogens is 6. The number of tetrazole rings is 1. The Morgan fingerprint density at radius 2 is 2.28 bits per heavy atom. The molecule has 2 aromatic heterocycles. The number of nitrogens with two attached hydrogens (primary N) is 1. The number of H-pyrrole nitrogens is 2. The van der Waals surface area contributed by atoms with Crippen LogP contribution in [0.15, 0.2) is 18.3 Å². The van der Waals surface area contributed by atoms with Crippen molar-refractivity contribution in [3.05, 3.63) is 24.2 Å². The van der Waals surface area contributed by atoms with E-state index in [9.17, 15) is 0 Å². The van der Waals surface area contributed by atoms with Crippen LogP contribution in [0.4, 0.5) is 11.4 Å². The van der Waals surface area contributed by atoms with Crippen molar-refractivity contribution in [1.82, 2.24) is 30.8 Å². The Hall–Kier alpha value is -2.64. The zero-order valence-corrected chi connectivity index (χ0v) is 9.68. The van der Waals surface area contributed by atoms with Gasteiger partial charge in [0.1, 0.15) is 0 Å². The van der Waals surface area contributed by atoms with E-state index in [2.05, 4.69) is 36.1 Å². The third-order valence-corrected chi connectivity index (χ3v) is 2.73. The molecule has 1 aromatic carbocycles. The van der Waals surface area contributed by atoms with E-state index in [1.165, 1.54) is 0 Å². The fourth-order valence-corrected chi connectivity index (χ4v) is 1.78. The van der Waals surface area contributed by atoms with E-state index in [4.69, 9.17) is 5.73 Å². The van der Waals surface area contributed by atoms with Crippen LogP contribution >= 0.6 is 0 Å².